The Hall–Kier alpha value is -7.02. The van der Waals surface area contributed by atoms with Crippen molar-refractivity contribution in [2.75, 3.05) is 0 Å². The molecule has 12 rings (SSSR count). The molecule has 0 bridgehead atoms. The van der Waals surface area contributed by atoms with E-state index in [0.717, 1.165) is 6.42 Å². The minimum atomic E-state index is 0.279. The van der Waals surface area contributed by atoms with Gasteiger partial charge in [0.2, 0.25) is 0 Å². The molecule has 0 aliphatic heterocycles. The third-order valence-electron chi connectivity index (χ3n) is 12.5. The fourth-order valence-electron chi connectivity index (χ4n) is 9.82. The Labute approximate surface area is 326 Å². The molecule has 0 saturated carbocycles. The van der Waals surface area contributed by atoms with E-state index in [4.69, 9.17) is 0 Å². The van der Waals surface area contributed by atoms with Crippen molar-refractivity contribution in [2.24, 2.45) is 0 Å². The highest BCUT2D eigenvalue weighted by Crippen LogP contribution is 2.44. The standard InChI is InChI=1S/C56H36/c1-2-8-35(9-3-1)46-32-47(42-14-6-16-44(30-42)49-26-22-40-20-18-36-10-4-12-38-24-28-51(49)55(40)53(36)38)34-48(33-46)43-15-7-17-45(31-43)50-27-23-41-21-19-37-11-5-13-39-25-29-52(50)56(41)54(37)39/h1-30,32-34,45H,31H2. The van der Waals surface area contributed by atoms with Gasteiger partial charge in [0.15, 0.2) is 0 Å². The minimum Gasteiger partial charge on any atom is -0.0766 e. The van der Waals surface area contributed by atoms with Gasteiger partial charge in [-0.15, -0.1) is 0 Å². The summed E-state index contributed by atoms with van der Waals surface area (Å²) in [5.41, 5.74) is 11.5. The van der Waals surface area contributed by atoms with Crippen molar-refractivity contribution in [3.05, 3.63) is 211 Å². The van der Waals surface area contributed by atoms with Crippen LogP contribution in [0.25, 0.3) is 104 Å². The SMILES string of the molecule is C1=CC(c2ccc3ccc4cccc5ccc2c3c45)CC(c2cc(-c3ccccc3)cc(-c3cccc(-c4ccc5ccc6cccc7ccc4c5c67)c3)c2)=C1. The summed E-state index contributed by atoms with van der Waals surface area (Å²) in [5.74, 6) is 0.279. The third kappa shape index (κ3) is 4.86. The molecule has 0 heterocycles. The number of hydrogen-bond donors (Lipinski definition) is 0. The lowest BCUT2D eigenvalue weighted by molar-refractivity contribution is 0.877. The topological polar surface area (TPSA) is 0 Å². The molecular formula is C56H36. The first-order valence-corrected chi connectivity index (χ1v) is 19.8. The van der Waals surface area contributed by atoms with Crippen LogP contribution in [-0.4, -0.2) is 0 Å². The maximum absolute atomic E-state index is 2.42. The molecule has 1 aliphatic carbocycles. The van der Waals surface area contributed by atoms with Crippen molar-refractivity contribution in [3.63, 3.8) is 0 Å². The highest BCUT2D eigenvalue weighted by molar-refractivity contribution is 6.26. The Balaban J connectivity index is 0.968. The van der Waals surface area contributed by atoms with E-state index >= 15 is 0 Å². The maximum atomic E-state index is 2.42. The zero-order valence-corrected chi connectivity index (χ0v) is 30.8. The highest BCUT2D eigenvalue weighted by Gasteiger charge is 2.21. The maximum Gasteiger partial charge on any atom is 0.00678 e. The van der Waals surface area contributed by atoms with Crippen LogP contribution in [0.1, 0.15) is 23.5 Å². The van der Waals surface area contributed by atoms with Crippen LogP contribution < -0.4 is 0 Å². The van der Waals surface area contributed by atoms with Crippen molar-refractivity contribution in [2.45, 2.75) is 12.3 Å². The van der Waals surface area contributed by atoms with E-state index < -0.39 is 0 Å². The Kier molecular flexibility index (Phi) is 6.86. The van der Waals surface area contributed by atoms with Crippen molar-refractivity contribution in [1.29, 1.82) is 0 Å². The number of allylic oxidation sites excluding steroid dienone is 4. The second-order valence-electron chi connectivity index (χ2n) is 15.6. The van der Waals surface area contributed by atoms with Crippen LogP contribution in [0.3, 0.4) is 0 Å². The predicted molar refractivity (Wildman–Crippen MR) is 241 cm³/mol. The molecule has 0 saturated heterocycles. The van der Waals surface area contributed by atoms with E-state index in [0.29, 0.717) is 0 Å². The lowest BCUT2D eigenvalue weighted by Crippen LogP contribution is -2.03. The summed E-state index contributed by atoms with van der Waals surface area (Å²) in [6.45, 7) is 0. The van der Waals surface area contributed by atoms with Crippen LogP contribution >= 0.6 is 0 Å². The van der Waals surface area contributed by atoms with Gasteiger partial charge in [0.1, 0.15) is 0 Å². The van der Waals surface area contributed by atoms with Crippen LogP contribution in [0, 0.1) is 0 Å². The molecule has 1 aliphatic rings. The van der Waals surface area contributed by atoms with E-state index in [-0.39, 0.29) is 5.92 Å². The third-order valence-corrected chi connectivity index (χ3v) is 12.5. The quantitative estimate of drug-likeness (QED) is 0.156. The van der Waals surface area contributed by atoms with E-state index in [2.05, 4.69) is 200 Å². The minimum absolute atomic E-state index is 0.279. The molecule has 0 nitrogen and oxygen atoms in total. The normalized spacial score (nSPS) is 14.6. The average Bonchev–Trinajstić information content (AvgIpc) is 3.27. The van der Waals surface area contributed by atoms with Crippen LogP contribution in [0.5, 0.6) is 0 Å². The van der Waals surface area contributed by atoms with Gasteiger partial charge in [-0.05, 0) is 145 Å². The van der Waals surface area contributed by atoms with Gasteiger partial charge in [-0.1, -0.05) is 176 Å². The van der Waals surface area contributed by atoms with E-state index in [1.165, 1.54) is 115 Å². The van der Waals surface area contributed by atoms with Crippen molar-refractivity contribution in [3.8, 4) is 33.4 Å². The first-order valence-electron chi connectivity index (χ1n) is 19.8. The molecular weight excluding hydrogens is 673 g/mol. The molecule has 11 aromatic rings. The van der Waals surface area contributed by atoms with Gasteiger partial charge in [0.05, 0.1) is 0 Å². The second-order valence-corrected chi connectivity index (χ2v) is 15.6. The molecule has 0 heteroatoms. The summed E-state index contributed by atoms with van der Waals surface area (Å²) >= 11 is 0. The Morgan fingerprint density at radius 1 is 0.339 bits per heavy atom. The van der Waals surface area contributed by atoms with Crippen LogP contribution in [-0.2, 0) is 0 Å². The van der Waals surface area contributed by atoms with Crippen LogP contribution in [0.4, 0.5) is 0 Å². The van der Waals surface area contributed by atoms with Crippen molar-refractivity contribution >= 4 is 70.2 Å². The summed E-state index contributed by atoms with van der Waals surface area (Å²) in [7, 11) is 0. The first kappa shape index (κ1) is 31.3. The Morgan fingerprint density at radius 3 is 1.55 bits per heavy atom. The van der Waals surface area contributed by atoms with Crippen LogP contribution in [0.15, 0.2) is 200 Å². The second kappa shape index (κ2) is 12.2. The Morgan fingerprint density at radius 2 is 0.839 bits per heavy atom. The predicted octanol–water partition coefficient (Wildman–Crippen LogP) is 15.6. The highest BCUT2D eigenvalue weighted by atomic mass is 14.2. The zero-order chi connectivity index (χ0) is 36.7. The van der Waals surface area contributed by atoms with E-state index in [1.807, 2.05) is 0 Å². The molecule has 0 aromatic heterocycles. The van der Waals surface area contributed by atoms with Crippen molar-refractivity contribution in [1.82, 2.24) is 0 Å². The molecule has 0 N–H and O–H groups in total. The summed E-state index contributed by atoms with van der Waals surface area (Å²) < 4.78 is 0. The number of hydrogen-bond acceptors (Lipinski definition) is 0. The fraction of sp³-hybridized carbons (Fsp3) is 0.0357. The zero-order valence-electron chi connectivity index (χ0n) is 30.8. The first-order chi connectivity index (χ1) is 27.7. The van der Waals surface area contributed by atoms with Gasteiger partial charge in [-0.2, -0.15) is 0 Å². The molecule has 1 unspecified atom stereocenters. The van der Waals surface area contributed by atoms with Gasteiger partial charge >= 0.3 is 0 Å². The molecule has 0 spiro atoms. The summed E-state index contributed by atoms with van der Waals surface area (Å²) in [4.78, 5) is 0. The summed E-state index contributed by atoms with van der Waals surface area (Å²) in [6, 6.07) is 68.1. The molecule has 0 amide bonds. The number of benzene rings is 11. The van der Waals surface area contributed by atoms with Crippen LogP contribution in [0.2, 0.25) is 0 Å². The molecule has 1 atom stereocenters. The molecule has 0 fully saturated rings. The van der Waals surface area contributed by atoms with Crippen molar-refractivity contribution < 1.29 is 0 Å². The van der Waals surface area contributed by atoms with Gasteiger partial charge < -0.3 is 0 Å². The monoisotopic (exact) mass is 708 g/mol. The largest absolute Gasteiger partial charge is 0.0766 e. The number of rotatable bonds is 5. The molecule has 56 heavy (non-hydrogen) atoms. The van der Waals surface area contributed by atoms with E-state index in [9.17, 15) is 0 Å². The van der Waals surface area contributed by atoms with Gasteiger partial charge in [-0.25, -0.2) is 0 Å². The summed E-state index contributed by atoms with van der Waals surface area (Å²) in [6.07, 6.45) is 7.96. The molecule has 260 valence electrons. The summed E-state index contributed by atoms with van der Waals surface area (Å²) in [5, 5.41) is 16.0. The molecule has 11 aromatic carbocycles. The van der Waals surface area contributed by atoms with E-state index in [1.54, 1.807) is 0 Å². The van der Waals surface area contributed by atoms with Gasteiger partial charge in [0.25, 0.3) is 0 Å². The fourth-order valence-corrected chi connectivity index (χ4v) is 9.82. The lowest BCUT2D eigenvalue weighted by atomic mass is 9.81. The van der Waals surface area contributed by atoms with Gasteiger partial charge in [-0.3, -0.25) is 0 Å². The molecule has 0 radical (unpaired) electrons. The average molecular weight is 709 g/mol. The Bertz CT molecular complexity index is 3350. The lowest BCUT2D eigenvalue weighted by Gasteiger charge is -2.23. The smallest absolute Gasteiger partial charge is 0.00678 e. The van der Waals surface area contributed by atoms with Gasteiger partial charge in [0, 0.05) is 5.92 Å².